The lowest BCUT2D eigenvalue weighted by molar-refractivity contribution is -0.174. The van der Waals surface area contributed by atoms with Gasteiger partial charge in [0.05, 0.1) is 39.6 Å². The summed E-state index contributed by atoms with van der Waals surface area (Å²) in [5.74, 6) is 1.62. The Morgan fingerprint density at radius 2 is 0.500 bits per heavy atom. The molecule has 0 heterocycles. The van der Waals surface area contributed by atoms with Crippen molar-refractivity contribution in [3.8, 4) is 34.5 Å². The molecule has 12 N–H and O–H groups in total. The minimum atomic E-state index is -4.69. The minimum absolute atomic E-state index is 0.0129. The van der Waals surface area contributed by atoms with Gasteiger partial charge in [0.25, 0.3) is 0 Å². The maximum Gasteiger partial charge on any atom is 0.402 e. The van der Waals surface area contributed by atoms with Gasteiger partial charge in [-0.1, -0.05) is 91.1 Å². The highest BCUT2D eigenvalue weighted by molar-refractivity contribution is 5.55. The van der Waals surface area contributed by atoms with E-state index in [2.05, 4.69) is 39.5 Å². The predicted molar refractivity (Wildman–Crippen MR) is 391 cm³/mol. The molecule has 7 atom stereocenters. The molecule has 0 spiro atoms. The summed E-state index contributed by atoms with van der Waals surface area (Å²) in [7, 11) is 0. The summed E-state index contributed by atoms with van der Waals surface area (Å²) in [6, 6.07) is 25.2. The Bertz CT molecular complexity index is 3700. The number of ether oxygens (including phenoxy) is 6. The van der Waals surface area contributed by atoms with Gasteiger partial charge in [-0.3, -0.25) is 0 Å². The second kappa shape index (κ2) is 43.0. The van der Waals surface area contributed by atoms with Gasteiger partial charge in [0.15, 0.2) is 0 Å². The minimum Gasteiger partial charge on any atom is -0.491 e. The van der Waals surface area contributed by atoms with Crippen LogP contribution >= 0.6 is 0 Å². The summed E-state index contributed by atoms with van der Waals surface area (Å²) in [5, 5.41) is 111. The van der Waals surface area contributed by atoms with Crippen molar-refractivity contribution in [3.63, 3.8) is 0 Å². The summed E-state index contributed by atoms with van der Waals surface area (Å²) in [6.07, 6.45) is -10.6. The molecule has 0 bridgehead atoms. The van der Waals surface area contributed by atoms with Crippen LogP contribution < -0.4 is 28.4 Å². The van der Waals surface area contributed by atoms with Crippen LogP contribution in [0.5, 0.6) is 34.5 Å². The predicted octanol–water partition coefficient (Wildman–Crippen LogP) is 10.4. The quantitative estimate of drug-likeness (QED) is 0.0125. The van der Waals surface area contributed by atoms with E-state index in [1.165, 1.54) is 146 Å². The fourth-order valence-electron chi connectivity index (χ4n) is 11.3. The molecule has 0 aliphatic rings. The molecule has 594 valence electrons. The van der Waals surface area contributed by atoms with Crippen molar-refractivity contribution in [2.45, 2.75) is 131 Å². The third-order valence-corrected chi connectivity index (χ3v) is 17.5. The van der Waals surface area contributed by atoms with E-state index in [0.29, 0.717) is 33.4 Å². The van der Waals surface area contributed by atoms with Crippen LogP contribution in [0.4, 0.5) is 39.5 Å². The molecule has 6 aromatic rings. The SMILES string of the molecule is C=CCc1cc(C(C)(c2ccc(OCC(O)CO)c(CC=C)c2)C(F)(F)F)ccc1OCC(O)CO.C=CCc1cc(C(C)(c2ccc(OCC(O)CO)cc2CC=C)C(F)(F)F)ccc1OCC(O)CO.C=CCc1cc(OCC(O)CO)ccc1C(C)(c1ccc(OCC(O)CO)cc1CC=C)C(F)(F)F. The molecule has 6 aromatic carbocycles. The Morgan fingerprint density at radius 3 is 0.722 bits per heavy atom. The number of hydrogen-bond donors (Lipinski definition) is 12. The molecule has 0 saturated carbocycles. The van der Waals surface area contributed by atoms with E-state index in [1.54, 1.807) is 0 Å². The molecule has 108 heavy (non-hydrogen) atoms. The van der Waals surface area contributed by atoms with Crippen molar-refractivity contribution < 1.29 is 129 Å². The third-order valence-electron chi connectivity index (χ3n) is 17.5. The molecule has 0 aliphatic heterocycles. The van der Waals surface area contributed by atoms with Gasteiger partial charge < -0.3 is 89.7 Å². The lowest BCUT2D eigenvalue weighted by atomic mass is 9.71. The van der Waals surface area contributed by atoms with Crippen molar-refractivity contribution in [1.29, 1.82) is 0 Å². The van der Waals surface area contributed by atoms with E-state index in [1.807, 2.05) is 0 Å². The summed E-state index contributed by atoms with van der Waals surface area (Å²) in [4.78, 5) is 0. The van der Waals surface area contributed by atoms with Crippen molar-refractivity contribution in [3.05, 3.63) is 252 Å². The number of halogens is 9. The molecule has 7 unspecified atom stereocenters. The van der Waals surface area contributed by atoms with Gasteiger partial charge in [-0.2, -0.15) is 39.5 Å². The van der Waals surface area contributed by atoms with Crippen molar-refractivity contribution in [1.82, 2.24) is 0 Å². The van der Waals surface area contributed by atoms with Crippen LogP contribution in [0.15, 0.2) is 185 Å². The van der Waals surface area contributed by atoms with Crippen LogP contribution in [-0.4, -0.2) is 196 Å². The highest BCUT2D eigenvalue weighted by Crippen LogP contribution is 2.52. The molecule has 0 amide bonds. The van der Waals surface area contributed by atoms with Crippen LogP contribution in [0.2, 0.25) is 0 Å². The molecule has 27 heteroatoms. The van der Waals surface area contributed by atoms with E-state index >= 15 is 0 Å². The molecular weight excluding hydrogens is 1430 g/mol. The molecule has 6 rings (SSSR count). The second-order valence-corrected chi connectivity index (χ2v) is 25.6. The van der Waals surface area contributed by atoms with Crippen LogP contribution in [0.1, 0.15) is 87.5 Å². The number of allylic oxidation sites excluding steroid dienone is 6. The van der Waals surface area contributed by atoms with Gasteiger partial charge in [0.2, 0.25) is 0 Å². The first-order valence-corrected chi connectivity index (χ1v) is 34.2. The summed E-state index contributed by atoms with van der Waals surface area (Å²) in [6.45, 7) is 21.0. The van der Waals surface area contributed by atoms with E-state index in [-0.39, 0.29) is 146 Å². The third kappa shape index (κ3) is 24.5. The molecular formula is C81H99F9O18. The zero-order valence-corrected chi connectivity index (χ0v) is 60.5. The van der Waals surface area contributed by atoms with Gasteiger partial charge in [-0.05, 0) is 181 Å². The van der Waals surface area contributed by atoms with Crippen LogP contribution in [0, 0.1) is 0 Å². The first-order valence-electron chi connectivity index (χ1n) is 34.2. The van der Waals surface area contributed by atoms with E-state index in [9.17, 15) is 70.2 Å². The standard InChI is InChI=1S/3C27H33F3O6/c1-4-6-18-13-23(35-16-21(33)14-31)9-10-24(18)26(3,27(28,29)30)20-8-11-25(19(12-20)7-5-2)36-17-22(34)15-32;1-4-6-18-12-22(35-16-20(33)14-31)8-10-24(18)26(3,27(28,29)30)25-11-9-23(13-19(25)7-5-2)36-17-21(34)15-32;1-4-6-18-12-20(8-10-24(18)35-16-22(33)14-31)26(3,27(28,29)30)21-9-11-25(19(13-21)7-5-2)36-17-23(34)15-32/h4-5,8-13,21-22,31-34H,1-2,6-7,14-17H2,3H3;4-5,8-13,20-21,31-34H,1-2,6-7,14-17H2,3H3;4-5,8-13,22-23,31-34H,1-2,6-7,14-17H2,3H3. The van der Waals surface area contributed by atoms with Gasteiger partial charge >= 0.3 is 18.5 Å². The lowest BCUT2D eigenvalue weighted by Crippen LogP contribution is -2.42. The maximum absolute atomic E-state index is 14.9. The highest BCUT2D eigenvalue weighted by atomic mass is 19.4. The highest BCUT2D eigenvalue weighted by Gasteiger charge is 2.57. The fraction of sp³-hybridized carbons (Fsp3) is 0.407. The smallest absolute Gasteiger partial charge is 0.402 e. The van der Waals surface area contributed by atoms with Crippen molar-refractivity contribution in [2.24, 2.45) is 0 Å². The topological polar surface area (TPSA) is 298 Å². The second-order valence-electron chi connectivity index (χ2n) is 25.6. The van der Waals surface area contributed by atoms with Gasteiger partial charge in [0, 0.05) is 0 Å². The lowest BCUT2D eigenvalue weighted by Gasteiger charge is -2.36. The largest absolute Gasteiger partial charge is 0.491 e. The summed E-state index contributed by atoms with van der Waals surface area (Å²) in [5.41, 5.74) is -4.85. The van der Waals surface area contributed by atoms with E-state index in [4.69, 9.17) is 59.1 Å². The van der Waals surface area contributed by atoms with Crippen molar-refractivity contribution in [2.75, 3.05) is 79.3 Å². The fourth-order valence-corrected chi connectivity index (χ4v) is 11.3. The average molecular weight is 1530 g/mol. The first kappa shape index (κ1) is 91.8. The number of hydrogen-bond acceptors (Lipinski definition) is 18. The molecule has 0 fully saturated rings. The average Bonchev–Trinajstić information content (AvgIpc) is 0.752. The Kier molecular flexibility index (Phi) is 36.6. The first-order chi connectivity index (χ1) is 51.0. The molecule has 0 aromatic heterocycles. The van der Waals surface area contributed by atoms with Crippen molar-refractivity contribution >= 4 is 0 Å². The normalized spacial score (nSPS) is 15.0. The van der Waals surface area contributed by atoms with E-state index < -0.39 is 111 Å². The molecule has 0 radical (unpaired) electrons. The Morgan fingerprint density at radius 1 is 0.287 bits per heavy atom. The van der Waals surface area contributed by atoms with Gasteiger partial charge in [-0.15, -0.1) is 39.5 Å². The zero-order valence-electron chi connectivity index (χ0n) is 60.5. The number of benzene rings is 6. The van der Waals surface area contributed by atoms with Crippen LogP contribution in [0.3, 0.4) is 0 Å². The van der Waals surface area contributed by atoms with Crippen LogP contribution in [0.25, 0.3) is 0 Å². The Balaban J connectivity index is 0.000000342. The molecule has 18 nitrogen and oxygen atoms in total. The number of rotatable bonds is 42. The monoisotopic (exact) mass is 1530 g/mol. The summed E-state index contributed by atoms with van der Waals surface area (Å²) < 4.78 is 166. The number of alkyl halides is 9. The molecule has 0 aliphatic carbocycles. The summed E-state index contributed by atoms with van der Waals surface area (Å²) >= 11 is 0. The Labute approximate surface area is 623 Å². The number of aliphatic hydroxyl groups excluding tert-OH is 12. The van der Waals surface area contributed by atoms with Gasteiger partial charge in [-0.25, -0.2) is 0 Å². The zero-order chi connectivity index (χ0) is 80.8. The van der Waals surface area contributed by atoms with E-state index in [0.717, 1.165) is 20.8 Å². The van der Waals surface area contributed by atoms with Crippen LogP contribution in [-0.2, 0) is 54.8 Å². The Hall–Kier alpha value is -8.55. The van der Waals surface area contributed by atoms with Gasteiger partial charge in [0.1, 0.15) is 127 Å². The number of aliphatic hydroxyl groups is 12. The maximum atomic E-state index is 14.9. The molecule has 0 saturated heterocycles.